The van der Waals surface area contributed by atoms with Crippen LogP contribution in [0.5, 0.6) is 0 Å². The Morgan fingerprint density at radius 2 is 1.45 bits per heavy atom. The van der Waals surface area contributed by atoms with Gasteiger partial charge in [0.25, 0.3) is 0 Å². The van der Waals surface area contributed by atoms with Crippen molar-refractivity contribution in [3.05, 3.63) is 0 Å². The molecule has 0 aromatic rings. The summed E-state index contributed by atoms with van der Waals surface area (Å²) < 4.78 is 0. The zero-order valence-electron chi connectivity index (χ0n) is 6.56. The van der Waals surface area contributed by atoms with E-state index in [0.29, 0.717) is 6.61 Å². The fourth-order valence-electron chi connectivity index (χ4n) is 0.204. The van der Waals surface area contributed by atoms with Crippen LogP contribution in [-0.2, 0) is 0 Å². The second kappa shape index (κ2) is 32.6. The highest BCUT2D eigenvalue weighted by Gasteiger charge is 1.67. The highest BCUT2D eigenvalue weighted by atomic mass is 16.2. The molecule has 0 radical (unpaired) electrons. The summed E-state index contributed by atoms with van der Waals surface area (Å²) >= 11 is 0. The van der Waals surface area contributed by atoms with Gasteiger partial charge in [0.05, 0.1) is 0 Å². The summed E-state index contributed by atoms with van der Waals surface area (Å²) in [7, 11) is 0. The maximum atomic E-state index is 7.88. The van der Waals surface area contributed by atoms with Gasteiger partial charge in [-0.15, -0.1) is 0 Å². The maximum Gasteiger partial charge on any atom is 0.0428 e. The van der Waals surface area contributed by atoms with E-state index in [9.17, 15) is 0 Å². The third-order valence-corrected chi connectivity index (χ3v) is 0.781. The van der Waals surface area contributed by atoms with E-state index in [0.717, 1.165) is 13.0 Å². The van der Waals surface area contributed by atoms with E-state index in [1.54, 1.807) is 0 Å². The van der Waals surface area contributed by atoms with Crippen LogP contribution in [0.2, 0.25) is 0 Å². The van der Waals surface area contributed by atoms with Crippen LogP contribution < -0.4 is 5.73 Å². The quantitative estimate of drug-likeness (QED) is 0.674. The van der Waals surface area contributed by atoms with E-state index < -0.39 is 0 Å². The van der Waals surface area contributed by atoms with Crippen molar-refractivity contribution < 1.29 is 5.11 Å². The number of aliphatic hydroxyl groups is 1. The lowest BCUT2D eigenvalue weighted by Crippen LogP contribution is -1.95. The summed E-state index contributed by atoms with van der Waals surface area (Å²) in [4.78, 5) is 0. The monoisotopic (exact) mass is 165 g/mol. The van der Waals surface area contributed by atoms with Crippen molar-refractivity contribution in [1.82, 2.24) is 0 Å². The Balaban J connectivity index is -0.0000000383. The van der Waals surface area contributed by atoms with Crippen LogP contribution in [0.25, 0.3) is 0 Å². The standard InChI is InChI=1S/C4H11N.C3H8O.2CH4/c1-2-3-4-5;1-2-3-4;;/h2-5H2,1H3;4H,2-3H2,1H3;2*1H4. The largest absolute Gasteiger partial charge is 0.396 e. The Morgan fingerprint density at radius 3 is 1.45 bits per heavy atom. The van der Waals surface area contributed by atoms with Gasteiger partial charge in [-0.25, -0.2) is 0 Å². The Kier molecular flexibility index (Phi) is 66.5. The molecule has 0 bridgehead atoms. The van der Waals surface area contributed by atoms with Gasteiger partial charge < -0.3 is 10.8 Å². The third-order valence-electron chi connectivity index (χ3n) is 0.781. The summed E-state index contributed by atoms with van der Waals surface area (Å²) in [5.74, 6) is 0. The van der Waals surface area contributed by atoms with Crippen LogP contribution in [0.1, 0.15) is 48.0 Å². The van der Waals surface area contributed by atoms with Crippen LogP contribution in [0.3, 0.4) is 0 Å². The smallest absolute Gasteiger partial charge is 0.0428 e. The van der Waals surface area contributed by atoms with E-state index in [1.807, 2.05) is 6.92 Å². The number of unbranched alkanes of at least 4 members (excludes halogenated alkanes) is 1. The molecule has 0 saturated heterocycles. The van der Waals surface area contributed by atoms with Crippen molar-refractivity contribution >= 4 is 0 Å². The van der Waals surface area contributed by atoms with Crippen molar-refractivity contribution in [2.24, 2.45) is 5.73 Å². The molecule has 0 unspecified atom stereocenters. The Hall–Kier alpha value is -0.0800. The molecule has 0 amide bonds. The minimum atomic E-state index is 0. The SMILES string of the molecule is C.C.CCCCN.CCCO. The molecule has 0 aromatic carbocycles. The van der Waals surface area contributed by atoms with Gasteiger partial charge in [-0.3, -0.25) is 0 Å². The molecule has 0 aliphatic heterocycles. The molecule has 11 heavy (non-hydrogen) atoms. The molecule has 0 fully saturated rings. The number of hydrogen-bond donors (Lipinski definition) is 2. The molecule has 0 rings (SSSR count). The topological polar surface area (TPSA) is 46.2 Å². The van der Waals surface area contributed by atoms with Crippen LogP contribution >= 0.6 is 0 Å². The molecule has 0 aliphatic carbocycles. The molecule has 0 saturated carbocycles. The Bertz CT molecular complexity index is 28.7. The van der Waals surface area contributed by atoms with Gasteiger partial charge in [-0.05, 0) is 19.4 Å². The van der Waals surface area contributed by atoms with Crippen molar-refractivity contribution in [3.63, 3.8) is 0 Å². The molecule has 0 heterocycles. The minimum Gasteiger partial charge on any atom is -0.396 e. The van der Waals surface area contributed by atoms with Crippen molar-refractivity contribution in [1.29, 1.82) is 0 Å². The van der Waals surface area contributed by atoms with E-state index in [2.05, 4.69) is 6.92 Å². The predicted octanol–water partition coefficient (Wildman–Crippen LogP) is 2.41. The van der Waals surface area contributed by atoms with E-state index in [-0.39, 0.29) is 14.9 Å². The first kappa shape index (κ1) is 22.4. The Labute approximate surface area is 72.8 Å². The van der Waals surface area contributed by atoms with Crippen molar-refractivity contribution in [2.75, 3.05) is 13.2 Å². The van der Waals surface area contributed by atoms with Crippen LogP contribution in [0.15, 0.2) is 0 Å². The number of aliphatic hydroxyl groups excluding tert-OH is 1. The maximum absolute atomic E-state index is 7.88. The molecule has 0 aromatic heterocycles. The second-order valence-electron chi connectivity index (χ2n) is 1.87. The van der Waals surface area contributed by atoms with Gasteiger partial charge in [0, 0.05) is 6.61 Å². The molecular formula is C9H27NO. The first-order valence-electron chi connectivity index (χ1n) is 3.64. The van der Waals surface area contributed by atoms with Crippen LogP contribution in [0.4, 0.5) is 0 Å². The molecule has 2 nitrogen and oxygen atoms in total. The lowest BCUT2D eigenvalue weighted by molar-refractivity contribution is 0.295. The highest BCUT2D eigenvalue weighted by Crippen LogP contribution is 1.77. The van der Waals surface area contributed by atoms with E-state index in [1.165, 1.54) is 12.8 Å². The van der Waals surface area contributed by atoms with Crippen LogP contribution in [-0.4, -0.2) is 18.3 Å². The van der Waals surface area contributed by atoms with Crippen molar-refractivity contribution in [3.8, 4) is 0 Å². The molecule has 3 N–H and O–H groups in total. The van der Waals surface area contributed by atoms with E-state index in [4.69, 9.17) is 10.8 Å². The summed E-state index contributed by atoms with van der Waals surface area (Å²) in [6.45, 7) is 5.23. The van der Waals surface area contributed by atoms with Crippen molar-refractivity contribution in [2.45, 2.75) is 48.0 Å². The molecule has 74 valence electrons. The number of rotatable bonds is 3. The summed E-state index contributed by atoms with van der Waals surface area (Å²) in [5, 5.41) is 7.88. The summed E-state index contributed by atoms with van der Waals surface area (Å²) in [6.07, 6.45) is 3.26. The van der Waals surface area contributed by atoms with Gasteiger partial charge in [0.2, 0.25) is 0 Å². The van der Waals surface area contributed by atoms with Gasteiger partial charge in [0.1, 0.15) is 0 Å². The highest BCUT2D eigenvalue weighted by molar-refractivity contribution is 4.29. The van der Waals surface area contributed by atoms with E-state index >= 15 is 0 Å². The predicted molar refractivity (Wildman–Crippen MR) is 54.8 cm³/mol. The minimum absolute atomic E-state index is 0. The van der Waals surface area contributed by atoms with Gasteiger partial charge in [0.15, 0.2) is 0 Å². The third kappa shape index (κ3) is 73.0. The molecule has 0 aliphatic rings. The normalized spacial score (nSPS) is 6.55. The summed E-state index contributed by atoms with van der Waals surface area (Å²) in [6, 6.07) is 0. The first-order valence-corrected chi connectivity index (χ1v) is 3.64. The zero-order valence-corrected chi connectivity index (χ0v) is 6.56. The molecular weight excluding hydrogens is 138 g/mol. The Morgan fingerprint density at radius 1 is 1.09 bits per heavy atom. The van der Waals surface area contributed by atoms with Crippen LogP contribution in [0, 0.1) is 0 Å². The lowest BCUT2D eigenvalue weighted by atomic mass is 10.3. The summed E-state index contributed by atoms with van der Waals surface area (Å²) in [5.41, 5.74) is 5.14. The molecule has 0 atom stereocenters. The van der Waals surface area contributed by atoms with Gasteiger partial charge in [-0.2, -0.15) is 0 Å². The van der Waals surface area contributed by atoms with Gasteiger partial charge in [-0.1, -0.05) is 35.1 Å². The molecule has 2 heteroatoms. The second-order valence-corrected chi connectivity index (χ2v) is 1.87. The fraction of sp³-hybridized carbons (Fsp3) is 1.00. The average molecular weight is 165 g/mol. The fourth-order valence-corrected chi connectivity index (χ4v) is 0.204. The van der Waals surface area contributed by atoms with Gasteiger partial charge >= 0.3 is 0 Å². The first-order chi connectivity index (χ1) is 4.33. The zero-order chi connectivity index (χ0) is 7.54. The molecule has 0 spiro atoms. The average Bonchev–Trinajstić information content (AvgIpc) is 1.91. The number of nitrogens with two attached hydrogens (primary N) is 1. The number of hydrogen-bond acceptors (Lipinski definition) is 2. The lowest BCUT2D eigenvalue weighted by Gasteiger charge is -1.80.